The molecule has 0 bridgehead atoms. The van der Waals surface area contributed by atoms with Crippen molar-refractivity contribution in [3.8, 4) is 0 Å². The van der Waals surface area contributed by atoms with Crippen LogP contribution in [0.1, 0.15) is 26.2 Å². The van der Waals surface area contributed by atoms with Crippen molar-refractivity contribution in [2.24, 2.45) is 5.92 Å². The van der Waals surface area contributed by atoms with Crippen LogP contribution in [0.5, 0.6) is 0 Å². The first-order valence-corrected chi connectivity index (χ1v) is 7.53. The average Bonchev–Trinajstić information content (AvgIpc) is 2.56. The Hall–Kier alpha value is -0.220. The maximum Gasteiger partial charge on any atom is 0.225 e. The van der Waals surface area contributed by atoms with Crippen LogP contribution >= 0.6 is 11.8 Å². The lowest BCUT2D eigenvalue weighted by molar-refractivity contribution is -0.136. The second-order valence-electron chi connectivity index (χ2n) is 4.87. The van der Waals surface area contributed by atoms with Crippen molar-refractivity contribution in [3.05, 3.63) is 0 Å². The molecular weight excluding hydrogens is 220 g/mol. The molecule has 16 heavy (non-hydrogen) atoms. The summed E-state index contributed by atoms with van der Waals surface area (Å²) in [5.41, 5.74) is 0. The Balaban J connectivity index is 1.89. The predicted molar refractivity (Wildman–Crippen MR) is 68.7 cm³/mol. The van der Waals surface area contributed by atoms with Gasteiger partial charge in [0.15, 0.2) is 0 Å². The molecule has 2 unspecified atom stereocenters. The van der Waals surface area contributed by atoms with Crippen LogP contribution in [0, 0.1) is 5.92 Å². The van der Waals surface area contributed by atoms with Crippen molar-refractivity contribution in [3.63, 3.8) is 0 Å². The fourth-order valence-corrected chi connectivity index (χ4v) is 3.47. The Morgan fingerprint density at radius 1 is 1.38 bits per heavy atom. The van der Waals surface area contributed by atoms with E-state index in [0.29, 0.717) is 11.9 Å². The summed E-state index contributed by atoms with van der Waals surface area (Å²) in [5, 5.41) is 3.41. The van der Waals surface area contributed by atoms with Crippen LogP contribution in [-0.2, 0) is 4.79 Å². The van der Waals surface area contributed by atoms with E-state index in [2.05, 4.69) is 17.1 Å². The van der Waals surface area contributed by atoms with Crippen LogP contribution in [0.15, 0.2) is 0 Å². The Labute approximate surface area is 102 Å². The molecule has 0 aromatic carbocycles. The number of nitrogens with zero attached hydrogens (tertiary/aromatic N) is 1. The number of thioether (sulfide) groups is 1. The molecule has 0 saturated carbocycles. The summed E-state index contributed by atoms with van der Waals surface area (Å²) in [6.07, 6.45) is 3.20. The highest BCUT2D eigenvalue weighted by Gasteiger charge is 2.28. The van der Waals surface area contributed by atoms with Crippen LogP contribution in [0.4, 0.5) is 0 Å². The van der Waals surface area contributed by atoms with Gasteiger partial charge in [-0.3, -0.25) is 4.79 Å². The highest BCUT2D eigenvalue weighted by molar-refractivity contribution is 7.99. The molecule has 2 fully saturated rings. The van der Waals surface area contributed by atoms with Crippen molar-refractivity contribution in [1.82, 2.24) is 10.2 Å². The Morgan fingerprint density at radius 2 is 2.25 bits per heavy atom. The quantitative estimate of drug-likeness (QED) is 0.753. The van der Waals surface area contributed by atoms with Crippen LogP contribution in [0.25, 0.3) is 0 Å². The minimum atomic E-state index is 0.277. The average molecular weight is 242 g/mol. The van der Waals surface area contributed by atoms with Gasteiger partial charge in [0.05, 0.1) is 0 Å². The fourth-order valence-electron chi connectivity index (χ4n) is 2.58. The van der Waals surface area contributed by atoms with Gasteiger partial charge in [-0.1, -0.05) is 0 Å². The number of rotatable bonds is 1. The van der Waals surface area contributed by atoms with E-state index in [1.807, 2.05) is 11.8 Å². The zero-order chi connectivity index (χ0) is 11.4. The SMILES string of the molecule is CC1CC(C(=O)N2CCCSCC2)CCN1. The van der Waals surface area contributed by atoms with E-state index in [4.69, 9.17) is 0 Å². The summed E-state index contributed by atoms with van der Waals surface area (Å²) >= 11 is 1.98. The predicted octanol–water partition coefficient (Wildman–Crippen LogP) is 1.34. The maximum atomic E-state index is 12.3. The fraction of sp³-hybridized carbons (Fsp3) is 0.917. The summed E-state index contributed by atoms with van der Waals surface area (Å²) in [5.74, 6) is 3.02. The molecule has 2 aliphatic rings. The van der Waals surface area contributed by atoms with Gasteiger partial charge in [0.25, 0.3) is 0 Å². The number of carbonyl (C=O) groups excluding carboxylic acids is 1. The monoisotopic (exact) mass is 242 g/mol. The molecule has 92 valence electrons. The standard InChI is InChI=1S/C12H22N2OS/c1-10-9-11(3-4-13-10)12(15)14-5-2-7-16-8-6-14/h10-11,13H,2-9H2,1H3. The van der Waals surface area contributed by atoms with Crippen molar-refractivity contribution in [2.45, 2.75) is 32.2 Å². The number of carbonyl (C=O) groups is 1. The van der Waals surface area contributed by atoms with Gasteiger partial charge in [-0.15, -0.1) is 0 Å². The molecule has 2 aliphatic heterocycles. The summed E-state index contributed by atoms with van der Waals surface area (Å²) < 4.78 is 0. The lowest BCUT2D eigenvalue weighted by atomic mass is 9.92. The third-order valence-electron chi connectivity index (χ3n) is 3.51. The highest BCUT2D eigenvalue weighted by Crippen LogP contribution is 2.20. The van der Waals surface area contributed by atoms with E-state index >= 15 is 0 Å². The number of amides is 1. The van der Waals surface area contributed by atoms with Gasteiger partial charge in [0, 0.05) is 30.8 Å². The van der Waals surface area contributed by atoms with E-state index in [-0.39, 0.29) is 5.92 Å². The zero-order valence-electron chi connectivity index (χ0n) is 10.1. The number of nitrogens with one attached hydrogen (secondary N) is 1. The smallest absolute Gasteiger partial charge is 0.225 e. The molecule has 4 heteroatoms. The Kier molecular flexibility index (Phi) is 4.53. The molecule has 0 aromatic heterocycles. The summed E-state index contributed by atoms with van der Waals surface area (Å²) in [6, 6.07) is 0.504. The summed E-state index contributed by atoms with van der Waals surface area (Å²) in [4.78, 5) is 14.4. The normalized spacial score (nSPS) is 32.2. The molecule has 1 amide bonds. The second kappa shape index (κ2) is 5.92. The molecule has 1 N–H and O–H groups in total. The minimum Gasteiger partial charge on any atom is -0.342 e. The molecule has 2 rings (SSSR count). The van der Waals surface area contributed by atoms with Gasteiger partial charge in [-0.25, -0.2) is 0 Å². The van der Waals surface area contributed by atoms with Gasteiger partial charge >= 0.3 is 0 Å². The van der Waals surface area contributed by atoms with E-state index in [1.165, 1.54) is 5.75 Å². The third kappa shape index (κ3) is 3.14. The number of hydrogen-bond donors (Lipinski definition) is 1. The first kappa shape index (κ1) is 12.2. The Morgan fingerprint density at radius 3 is 3.06 bits per heavy atom. The first-order valence-electron chi connectivity index (χ1n) is 6.37. The molecule has 2 heterocycles. The number of piperidine rings is 1. The zero-order valence-corrected chi connectivity index (χ0v) is 10.9. The van der Waals surface area contributed by atoms with Crippen molar-refractivity contribution >= 4 is 17.7 Å². The van der Waals surface area contributed by atoms with Crippen molar-refractivity contribution in [2.75, 3.05) is 31.1 Å². The van der Waals surface area contributed by atoms with Crippen molar-refractivity contribution < 1.29 is 4.79 Å². The van der Waals surface area contributed by atoms with Crippen molar-refractivity contribution in [1.29, 1.82) is 0 Å². The lowest BCUT2D eigenvalue weighted by Gasteiger charge is -2.31. The minimum absolute atomic E-state index is 0.277. The first-order chi connectivity index (χ1) is 7.77. The lowest BCUT2D eigenvalue weighted by Crippen LogP contribution is -2.44. The van der Waals surface area contributed by atoms with E-state index in [0.717, 1.165) is 44.6 Å². The highest BCUT2D eigenvalue weighted by atomic mass is 32.2. The summed E-state index contributed by atoms with van der Waals surface area (Å²) in [6.45, 7) is 5.11. The van der Waals surface area contributed by atoms with Crippen LogP contribution < -0.4 is 5.32 Å². The molecule has 0 radical (unpaired) electrons. The van der Waals surface area contributed by atoms with Crippen LogP contribution in [0.2, 0.25) is 0 Å². The molecule has 0 spiro atoms. The van der Waals surface area contributed by atoms with Gasteiger partial charge in [0.2, 0.25) is 5.91 Å². The second-order valence-corrected chi connectivity index (χ2v) is 6.09. The van der Waals surface area contributed by atoms with E-state index in [1.54, 1.807) is 0 Å². The largest absolute Gasteiger partial charge is 0.342 e. The number of hydrogen-bond acceptors (Lipinski definition) is 3. The maximum absolute atomic E-state index is 12.3. The molecule has 2 saturated heterocycles. The Bertz CT molecular complexity index is 235. The van der Waals surface area contributed by atoms with Crippen LogP contribution in [-0.4, -0.2) is 48.0 Å². The third-order valence-corrected chi connectivity index (χ3v) is 4.56. The van der Waals surface area contributed by atoms with E-state index < -0.39 is 0 Å². The molecule has 2 atom stereocenters. The van der Waals surface area contributed by atoms with Gasteiger partial charge < -0.3 is 10.2 Å². The molecule has 3 nitrogen and oxygen atoms in total. The van der Waals surface area contributed by atoms with Gasteiger partial charge in [-0.05, 0) is 38.5 Å². The molecular formula is C12H22N2OS. The van der Waals surface area contributed by atoms with E-state index in [9.17, 15) is 4.79 Å². The summed E-state index contributed by atoms with van der Waals surface area (Å²) in [7, 11) is 0. The molecule has 0 aliphatic carbocycles. The van der Waals surface area contributed by atoms with Gasteiger partial charge in [-0.2, -0.15) is 11.8 Å². The van der Waals surface area contributed by atoms with Crippen LogP contribution in [0.3, 0.4) is 0 Å². The topological polar surface area (TPSA) is 32.3 Å². The molecule has 0 aromatic rings. The van der Waals surface area contributed by atoms with Gasteiger partial charge in [0.1, 0.15) is 0 Å².